The van der Waals surface area contributed by atoms with E-state index >= 15 is 0 Å². The largest absolute Gasteiger partial charge is 0.396 e. The highest BCUT2D eigenvalue weighted by Crippen LogP contribution is 2.06. The first-order valence-electron chi connectivity index (χ1n) is 9.54. The minimum absolute atomic E-state index is 0.149. The van der Waals surface area contributed by atoms with Crippen LogP contribution in [0.3, 0.4) is 0 Å². The number of hydrogen-bond donors (Lipinski definition) is 3. The summed E-state index contributed by atoms with van der Waals surface area (Å²) in [5, 5.41) is 15.0. The highest BCUT2D eigenvalue weighted by Gasteiger charge is 1.98. The number of allylic oxidation sites excluding steroid dienone is 2. The van der Waals surface area contributed by atoms with Gasteiger partial charge in [0.1, 0.15) is 0 Å². The van der Waals surface area contributed by atoms with E-state index in [9.17, 15) is 4.79 Å². The van der Waals surface area contributed by atoms with Crippen molar-refractivity contribution in [1.82, 2.24) is 10.6 Å². The van der Waals surface area contributed by atoms with Gasteiger partial charge in [0.15, 0.2) is 0 Å². The van der Waals surface area contributed by atoms with E-state index in [1.807, 2.05) is 0 Å². The number of carbonyl (C=O) groups excluding carboxylic acids is 1. The SMILES string of the molecule is CCC/C=C/CCC(=O)NCCNCCCCCCCCCO. The molecular formula is C19H38N2O2. The number of hydrogen-bond acceptors (Lipinski definition) is 3. The highest BCUT2D eigenvalue weighted by molar-refractivity contribution is 5.75. The highest BCUT2D eigenvalue weighted by atomic mass is 16.2. The molecule has 0 radical (unpaired) electrons. The Morgan fingerprint density at radius 1 is 0.870 bits per heavy atom. The molecule has 0 aromatic carbocycles. The van der Waals surface area contributed by atoms with Crippen LogP contribution in [-0.4, -0.2) is 37.3 Å². The van der Waals surface area contributed by atoms with Crippen molar-refractivity contribution in [1.29, 1.82) is 0 Å². The Balaban J connectivity index is 3.16. The van der Waals surface area contributed by atoms with Gasteiger partial charge >= 0.3 is 0 Å². The van der Waals surface area contributed by atoms with Gasteiger partial charge in [-0.15, -0.1) is 0 Å². The zero-order valence-electron chi connectivity index (χ0n) is 15.1. The van der Waals surface area contributed by atoms with E-state index in [0.717, 1.165) is 51.7 Å². The zero-order valence-corrected chi connectivity index (χ0v) is 15.1. The normalized spacial score (nSPS) is 11.2. The monoisotopic (exact) mass is 326 g/mol. The average molecular weight is 327 g/mol. The molecule has 0 aliphatic heterocycles. The van der Waals surface area contributed by atoms with Crippen LogP contribution >= 0.6 is 0 Å². The Bertz CT molecular complexity index is 281. The Hall–Kier alpha value is -0.870. The molecule has 0 aromatic rings. The van der Waals surface area contributed by atoms with Crippen molar-refractivity contribution in [2.24, 2.45) is 0 Å². The average Bonchev–Trinajstić information content (AvgIpc) is 2.55. The molecule has 0 heterocycles. The molecule has 0 bridgehead atoms. The summed E-state index contributed by atoms with van der Waals surface area (Å²) in [6.07, 6.45) is 16.3. The molecule has 4 heteroatoms. The third-order valence-corrected chi connectivity index (χ3v) is 3.80. The van der Waals surface area contributed by atoms with Crippen LogP contribution in [0.25, 0.3) is 0 Å². The Kier molecular flexibility index (Phi) is 18.5. The van der Waals surface area contributed by atoms with Crippen molar-refractivity contribution in [3.8, 4) is 0 Å². The first-order chi connectivity index (χ1) is 11.3. The third-order valence-electron chi connectivity index (χ3n) is 3.80. The van der Waals surface area contributed by atoms with Crippen LogP contribution in [0.15, 0.2) is 12.2 Å². The first-order valence-corrected chi connectivity index (χ1v) is 9.54. The van der Waals surface area contributed by atoms with E-state index in [1.165, 1.54) is 32.1 Å². The third kappa shape index (κ3) is 19.1. The maximum atomic E-state index is 11.6. The van der Waals surface area contributed by atoms with Crippen molar-refractivity contribution < 1.29 is 9.90 Å². The van der Waals surface area contributed by atoms with Crippen LogP contribution in [0, 0.1) is 0 Å². The van der Waals surface area contributed by atoms with Crippen molar-refractivity contribution in [3.63, 3.8) is 0 Å². The van der Waals surface area contributed by atoms with Crippen LogP contribution in [-0.2, 0) is 4.79 Å². The molecule has 0 saturated heterocycles. The van der Waals surface area contributed by atoms with Crippen molar-refractivity contribution in [3.05, 3.63) is 12.2 Å². The van der Waals surface area contributed by atoms with Crippen molar-refractivity contribution >= 4 is 5.91 Å². The number of nitrogens with one attached hydrogen (secondary N) is 2. The van der Waals surface area contributed by atoms with E-state index in [1.54, 1.807) is 0 Å². The van der Waals surface area contributed by atoms with E-state index in [0.29, 0.717) is 13.0 Å². The first kappa shape index (κ1) is 22.1. The number of amides is 1. The molecule has 0 aliphatic rings. The van der Waals surface area contributed by atoms with E-state index in [2.05, 4.69) is 29.7 Å². The van der Waals surface area contributed by atoms with Gasteiger partial charge < -0.3 is 15.7 Å². The summed E-state index contributed by atoms with van der Waals surface area (Å²) in [4.78, 5) is 11.6. The molecule has 0 fully saturated rings. The van der Waals surface area contributed by atoms with Crippen LogP contribution in [0.2, 0.25) is 0 Å². The lowest BCUT2D eigenvalue weighted by Crippen LogP contribution is -2.31. The lowest BCUT2D eigenvalue weighted by Gasteiger charge is -2.06. The Labute approximate surface area is 143 Å². The van der Waals surface area contributed by atoms with Gasteiger partial charge in [0, 0.05) is 26.1 Å². The van der Waals surface area contributed by atoms with Crippen LogP contribution < -0.4 is 10.6 Å². The lowest BCUT2D eigenvalue weighted by atomic mass is 10.1. The lowest BCUT2D eigenvalue weighted by molar-refractivity contribution is -0.120. The molecule has 3 N–H and O–H groups in total. The van der Waals surface area contributed by atoms with Crippen LogP contribution in [0.1, 0.15) is 77.6 Å². The maximum absolute atomic E-state index is 11.6. The summed E-state index contributed by atoms with van der Waals surface area (Å²) in [6.45, 7) is 5.10. The van der Waals surface area contributed by atoms with Crippen LogP contribution in [0.5, 0.6) is 0 Å². The topological polar surface area (TPSA) is 61.4 Å². The summed E-state index contributed by atoms with van der Waals surface area (Å²) in [5.74, 6) is 0.149. The molecule has 0 aromatic heterocycles. The van der Waals surface area contributed by atoms with Gasteiger partial charge in [0.05, 0.1) is 0 Å². The van der Waals surface area contributed by atoms with Gasteiger partial charge in [-0.25, -0.2) is 0 Å². The molecule has 0 spiro atoms. The fourth-order valence-corrected chi connectivity index (χ4v) is 2.37. The summed E-state index contributed by atoms with van der Waals surface area (Å²) >= 11 is 0. The van der Waals surface area contributed by atoms with Gasteiger partial charge in [-0.05, 0) is 32.2 Å². The van der Waals surface area contributed by atoms with Gasteiger partial charge in [-0.1, -0.05) is 57.6 Å². The van der Waals surface area contributed by atoms with Gasteiger partial charge in [-0.2, -0.15) is 0 Å². The molecule has 4 nitrogen and oxygen atoms in total. The fourth-order valence-electron chi connectivity index (χ4n) is 2.37. The molecular weight excluding hydrogens is 288 g/mol. The quantitative estimate of drug-likeness (QED) is 0.283. The van der Waals surface area contributed by atoms with Crippen molar-refractivity contribution in [2.45, 2.75) is 77.6 Å². The second-order valence-electron chi connectivity index (χ2n) is 6.10. The second kappa shape index (κ2) is 19.2. The molecule has 0 aliphatic carbocycles. The molecule has 0 atom stereocenters. The zero-order chi connectivity index (χ0) is 17.0. The minimum atomic E-state index is 0.149. The molecule has 0 saturated carbocycles. The van der Waals surface area contributed by atoms with E-state index in [-0.39, 0.29) is 5.91 Å². The number of rotatable bonds is 17. The molecule has 0 unspecified atom stereocenters. The predicted molar refractivity (Wildman–Crippen MR) is 98.6 cm³/mol. The predicted octanol–water partition coefficient (Wildman–Crippen LogP) is 3.55. The Morgan fingerprint density at radius 3 is 2.22 bits per heavy atom. The summed E-state index contributed by atoms with van der Waals surface area (Å²) in [7, 11) is 0. The number of unbranched alkanes of at least 4 members (excludes halogenated alkanes) is 7. The van der Waals surface area contributed by atoms with Gasteiger partial charge in [0.25, 0.3) is 0 Å². The molecule has 0 rings (SSSR count). The van der Waals surface area contributed by atoms with E-state index < -0.39 is 0 Å². The summed E-state index contributed by atoms with van der Waals surface area (Å²) < 4.78 is 0. The standard InChI is InChI=1S/C19H38N2O2/c1-2-3-4-8-11-14-19(23)21-17-16-20-15-12-9-6-5-7-10-13-18-22/h4,8,20,22H,2-3,5-7,9-18H2,1H3,(H,21,23)/b8-4+. The molecule has 23 heavy (non-hydrogen) atoms. The van der Waals surface area contributed by atoms with Crippen LogP contribution in [0.4, 0.5) is 0 Å². The second-order valence-corrected chi connectivity index (χ2v) is 6.10. The minimum Gasteiger partial charge on any atom is -0.396 e. The van der Waals surface area contributed by atoms with Crippen molar-refractivity contribution in [2.75, 3.05) is 26.2 Å². The Morgan fingerprint density at radius 2 is 1.52 bits per heavy atom. The van der Waals surface area contributed by atoms with E-state index in [4.69, 9.17) is 5.11 Å². The summed E-state index contributed by atoms with van der Waals surface area (Å²) in [6, 6.07) is 0. The number of aliphatic hydroxyl groups excluding tert-OH is 1. The number of carbonyl (C=O) groups is 1. The smallest absolute Gasteiger partial charge is 0.220 e. The summed E-state index contributed by atoms with van der Waals surface area (Å²) in [5.41, 5.74) is 0. The number of aliphatic hydroxyl groups is 1. The molecule has 136 valence electrons. The molecule has 1 amide bonds. The van der Waals surface area contributed by atoms with Gasteiger partial charge in [-0.3, -0.25) is 4.79 Å². The van der Waals surface area contributed by atoms with Gasteiger partial charge in [0.2, 0.25) is 5.91 Å². The fraction of sp³-hybridized carbons (Fsp3) is 0.842. The maximum Gasteiger partial charge on any atom is 0.220 e.